The quantitative estimate of drug-likeness (QED) is 0.529. The molecule has 1 unspecified atom stereocenters. The minimum absolute atomic E-state index is 0.0385. The van der Waals surface area contributed by atoms with Gasteiger partial charge in [0.25, 0.3) is 0 Å². The first-order valence-corrected chi connectivity index (χ1v) is 13.8. The molecule has 0 bridgehead atoms. The molecule has 0 saturated carbocycles. The van der Waals surface area contributed by atoms with Crippen molar-refractivity contribution in [3.63, 3.8) is 0 Å². The summed E-state index contributed by atoms with van der Waals surface area (Å²) in [4.78, 5) is 43.8. The maximum absolute atomic E-state index is 13.7. The maximum atomic E-state index is 13.7. The number of benzene rings is 2. The third-order valence-corrected chi connectivity index (χ3v) is 8.21. The number of anilines is 1. The van der Waals surface area contributed by atoms with Gasteiger partial charge in [0, 0.05) is 36.8 Å². The Bertz CT molecular complexity index is 1150. The molecule has 2 heterocycles. The van der Waals surface area contributed by atoms with E-state index in [1.807, 2.05) is 99.1 Å². The number of likely N-dealkylation sites (tertiary alicyclic amines) is 1. The van der Waals surface area contributed by atoms with Crippen molar-refractivity contribution >= 4 is 23.4 Å². The van der Waals surface area contributed by atoms with Crippen LogP contribution in [-0.2, 0) is 26.2 Å². The van der Waals surface area contributed by atoms with Gasteiger partial charge in [-0.25, -0.2) is 0 Å². The highest BCUT2D eigenvalue weighted by Gasteiger charge is 2.46. The largest absolute Gasteiger partial charge is 0.344 e. The zero-order valence-corrected chi connectivity index (χ0v) is 23.4. The molecule has 2 aromatic carbocycles. The molecule has 0 radical (unpaired) electrons. The smallest absolute Gasteiger partial charge is 0.245 e. The van der Waals surface area contributed by atoms with Crippen LogP contribution in [0.5, 0.6) is 0 Å². The molecular formula is C31H42N4O3. The summed E-state index contributed by atoms with van der Waals surface area (Å²) < 4.78 is 0. The van der Waals surface area contributed by atoms with Crippen molar-refractivity contribution in [3.05, 3.63) is 65.7 Å². The van der Waals surface area contributed by atoms with E-state index in [2.05, 4.69) is 10.6 Å². The summed E-state index contributed by atoms with van der Waals surface area (Å²) in [5.74, 6) is -0.0424. The van der Waals surface area contributed by atoms with Crippen LogP contribution in [0.1, 0.15) is 64.5 Å². The Labute approximate surface area is 227 Å². The van der Waals surface area contributed by atoms with Crippen LogP contribution < -0.4 is 15.5 Å². The van der Waals surface area contributed by atoms with Crippen LogP contribution in [0.3, 0.4) is 0 Å². The van der Waals surface area contributed by atoms with Gasteiger partial charge >= 0.3 is 0 Å². The SMILES string of the molecule is CNC(C)(C)CC(=O)NC(CCc1ccccc1)C(=O)N1CCC(N2C(=O)C(C)(C)c3ccccc32)CC1. The molecular weight excluding hydrogens is 476 g/mol. The molecule has 7 nitrogen and oxygen atoms in total. The molecule has 7 heteroatoms. The van der Waals surface area contributed by atoms with Gasteiger partial charge in [-0.1, -0.05) is 48.5 Å². The number of fused-ring (bicyclic) bond motifs is 1. The van der Waals surface area contributed by atoms with Crippen molar-refractivity contribution in [1.29, 1.82) is 0 Å². The zero-order chi connectivity index (χ0) is 27.5. The minimum Gasteiger partial charge on any atom is -0.344 e. The standard InChI is InChI=1S/C31H42N4O3/c1-30(2,32-5)21-27(36)33-25(16-15-22-11-7-6-8-12-22)28(37)34-19-17-23(18-20-34)35-26-14-10-9-13-24(26)31(3,4)29(35)38/h6-14,23,25,32H,15-21H2,1-5H3,(H,33,36). The van der Waals surface area contributed by atoms with Gasteiger partial charge in [0.1, 0.15) is 6.04 Å². The van der Waals surface area contributed by atoms with Crippen molar-refractivity contribution in [2.24, 2.45) is 0 Å². The fraction of sp³-hybridized carbons (Fsp3) is 0.516. The number of nitrogens with zero attached hydrogens (tertiary/aromatic N) is 2. The molecule has 0 spiro atoms. The minimum atomic E-state index is -0.583. The van der Waals surface area contributed by atoms with Gasteiger partial charge in [0.05, 0.1) is 5.41 Å². The first-order chi connectivity index (χ1) is 18.0. The third-order valence-electron chi connectivity index (χ3n) is 8.21. The number of piperidine rings is 1. The van der Waals surface area contributed by atoms with E-state index >= 15 is 0 Å². The van der Waals surface area contributed by atoms with Crippen LogP contribution in [0.25, 0.3) is 0 Å². The highest BCUT2D eigenvalue weighted by Crippen LogP contribution is 2.43. The van der Waals surface area contributed by atoms with E-state index in [-0.39, 0.29) is 35.7 Å². The van der Waals surface area contributed by atoms with Crippen molar-refractivity contribution in [2.75, 3.05) is 25.0 Å². The molecule has 2 aromatic rings. The Kier molecular flexibility index (Phi) is 8.26. The number of amides is 3. The Morgan fingerprint density at radius 3 is 2.32 bits per heavy atom. The van der Waals surface area contributed by atoms with Gasteiger partial charge < -0.3 is 20.4 Å². The lowest BCUT2D eigenvalue weighted by Crippen LogP contribution is -2.55. The molecule has 2 N–H and O–H groups in total. The van der Waals surface area contributed by atoms with Crippen LogP contribution in [-0.4, -0.2) is 60.4 Å². The van der Waals surface area contributed by atoms with Gasteiger partial charge in [0.2, 0.25) is 17.7 Å². The number of hydrogen-bond acceptors (Lipinski definition) is 4. The first kappa shape index (κ1) is 27.8. The summed E-state index contributed by atoms with van der Waals surface area (Å²) in [5.41, 5.74) is 2.30. The molecule has 1 saturated heterocycles. The van der Waals surface area contributed by atoms with E-state index < -0.39 is 11.5 Å². The third kappa shape index (κ3) is 5.93. The summed E-state index contributed by atoms with van der Waals surface area (Å²) >= 11 is 0. The highest BCUT2D eigenvalue weighted by atomic mass is 16.2. The molecule has 204 valence electrons. The topological polar surface area (TPSA) is 81.8 Å². The summed E-state index contributed by atoms with van der Waals surface area (Å²) in [7, 11) is 1.83. The summed E-state index contributed by atoms with van der Waals surface area (Å²) in [6.07, 6.45) is 2.97. The normalized spacial score (nSPS) is 18.3. The van der Waals surface area contributed by atoms with Crippen LogP contribution >= 0.6 is 0 Å². The number of para-hydroxylation sites is 1. The Morgan fingerprint density at radius 2 is 1.66 bits per heavy atom. The first-order valence-electron chi connectivity index (χ1n) is 13.8. The van der Waals surface area contributed by atoms with Gasteiger partial charge in [0.15, 0.2) is 0 Å². The lowest BCUT2D eigenvalue weighted by molar-refractivity contribution is -0.137. The van der Waals surface area contributed by atoms with Crippen LogP contribution in [0.4, 0.5) is 5.69 Å². The van der Waals surface area contributed by atoms with Gasteiger partial charge in [-0.3, -0.25) is 14.4 Å². The molecule has 3 amide bonds. The monoisotopic (exact) mass is 518 g/mol. The Hall–Kier alpha value is -3.19. The number of carbonyl (C=O) groups excluding carboxylic acids is 3. The van der Waals surface area contributed by atoms with E-state index in [9.17, 15) is 14.4 Å². The second kappa shape index (κ2) is 11.3. The van der Waals surface area contributed by atoms with Crippen LogP contribution in [0.15, 0.2) is 54.6 Å². The molecule has 0 aromatic heterocycles. The van der Waals surface area contributed by atoms with Gasteiger partial charge in [-0.2, -0.15) is 0 Å². The molecule has 4 rings (SSSR count). The summed E-state index contributed by atoms with van der Waals surface area (Å²) in [6.45, 7) is 9.05. The van der Waals surface area contributed by atoms with Crippen molar-refractivity contribution in [2.45, 2.75) is 82.8 Å². The fourth-order valence-electron chi connectivity index (χ4n) is 5.61. The summed E-state index contributed by atoms with van der Waals surface area (Å²) in [5, 5.41) is 6.19. The highest BCUT2D eigenvalue weighted by molar-refractivity contribution is 6.08. The maximum Gasteiger partial charge on any atom is 0.245 e. The average molecular weight is 519 g/mol. The van der Waals surface area contributed by atoms with Gasteiger partial charge in [-0.15, -0.1) is 0 Å². The van der Waals surface area contributed by atoms with E-state index in [4.69, 9.17) is 0 Å². The molecule has 1 atom stereocenters. The van der Waals surface area contributed by atoms with Crippen molar-refractivity contribution in [1.82, 2.24) is 15.5 Å². The Balaban J connectivity index is 1.43. The van der Waals surface area contributed by atoms with E-state index in [1.54, 1.807) is 0 Å². The van der Waals surface area contributed by atoms with Crippen LogP contribution in [0.2, 0.25) is 0 Å². The number of hydrogen-bond donors (Lipinski definition) is 2. The number of aryl methyl sites for hydroxylation is 1. The second-order valence-corrected chi connectivity index (χ2v) is 11.8. The number of carbonyl (C=O) groups is 3. The number of nitrogens with one attached hydrogen (secondary N) is 2. The number of rotatable bonds is 9. The van der Waals surface area contributed by atoms with Crippen molar-refractivity contribution in [3.8, 4) is 0 Å². The van der Waals surface area contributed by atoms with Crippen molar-refractivity contribution < 1.29 is 14.4 Å². The van der Waals surface area contributed by atoms with E-state index in [1.165, 1.54) is 0 Å². The molecule has 0 aliphatic carbocycles. The van der Waals surface area contributed by atoms with Crippen LogP contribution in [0, 0.1) is 0 Å². The molecule has 38 heavy (non-hydrogen) atoms. The molecule has 1 fully saturated rings. The lowest BCUT2D eigenvalue weighted by Gasteiger charge is -2.39. The van der Waals surface area contributed by atoms with E-state index in [0.29, 0.717) is 38.8 Å². The fourth-order valence-corrected chi connectivity index (χ4v) is 5.61. The zero-order valence-electron chi connectivity index (χ0n) is 23.4. The average Bonchev–Trinajstić information content (AvgIpc) is 3.11. The summed E-state index contributed by atoms with van der Waals surface area (Å²) in [6, 6.07) is 17.6. The Morgan fingerprint density at radius 1 is 1.03 bits per heavy atom. The molecule has 2 aliphatic rings. The van der Waals surface area contributed by atoms with Gasteiger partial charge in [-0.05, 0) is 77.6 Å². The second-order valence-electron chi connectivity index (χ2n) is 11.8. The molecule has 2 aliphatic heterocycles. The van der Waals surface area contributed by atoms with E-state index in [0.717, 1.165) is 16.8 Å². The lowest BCUT2D eigenvalue weighted by atomic mass is 9.86. The predicted octanol–water partition coefficient (Wildman–Crippen LogP) is 3.81. The predicted molar refractivity (Wildman–Crippen MR) is 151 cm³/mol.